The average molecular weight is 306 g/mol. The van der Waals surface area contributed by atoms with Crippen LogP contribution in [0.4, 0.5) is 10.5 Å². The molecular formula is C17H26N2O3. The molecule has 0 aliphatic heterocycles. The van der Waals surface area contributed by atoms with Gasteiger partial charge in [0.25, 0.3) is 0 Å². The molecule has 2 amide bonds. The number of nitrogens with one attached hydrogen (secondary N) is 2. The van der Waals surface area contributed by atoms with E-state index in [1.807, 2.05) is 24.3 Å². The van der Waals surface area contributed by atoms with E-state index in [4.69, 9.17) is 9.47 Å². The lowest BCUT2D eigenvalue weighted by molar-refractivity contribution is 0.172. The summed E-state index contributed by atoms with van der Waals surface area (Å²) in [7, 11) is 1.67. The number of carbonyl (C=O) groups is 1. The first-order valence-electron chi connectivity index (χ1n) is 8.08. The Hall–Kier alpha value is -1.75. The number of rotatable bonds is 7. The summed E-state index contributed by atoms with van der Waals surface area (Å²) in [5.41, 5.74) is 0.702. The van der Waals surface area contributed by atoms with E-state index < -0.39 is 0 Å². The number of hydrogen-bond acceptors (Lipinski definition) is 3. The van der Waals surface area contributed by atoms with Gasteiger partial charge in [0.15, 0.2) is 0 Å². The fraction of sp³-hybridized carbons (Fsp3) is 0.588. The highest BCUT2D eigenvalue weighted by molar-refractivity contribution is 5.91. The number of para-hydroxylation sites is 2. The Morgan fingerprint density at radius 3 is 2.73 bits per heavy atom. The molecule has 1 fully saturated rings. The van der Waals surface area contributed by atoms with Gasteiger partial charge in [0.2, 0.25) is 0 Å². The summed E-state index contributed by atoms with van der Waals surface area (Å²) in [5, 5.41) is 5.94. The number of hydrogen-bond donors (Lipinski definition) is 2. The lowest BCUT2D eigenvalue weighted by Crippen LogP contribution is -2.39. The molecule has 0 spiro atoms. The summed E-state index contributed by atoms with van der Waals surface area (Å²) in [6.07, 6.45) is 6.64. The van der Waals surface area contributed by atoms with E-state index in [-0.39, 0.29) is 6.03 Å². The van der Waals surface area contributed by atoms with Gasteiger partial charge in [-0.05, 0) is 25.0 Å². The highest BCUT2D eigenvalue weighted by Crippen LogP contribution is 2.24. The molecule has 0 unspecified atom stereocenters. The molecule has 5 nitrogen and oxygen atoms in total. The van der Waals surface area contributed by atoms with Crippen molar-refractivity contribution in [3.63, 3.8) is 0 Å². The van der Waals surface area contributed by atoms with Crippen molar-refractivity contribution in [1.29, 1.82) is 0 Å². The van der Waals surface area contributed by atoms with Crippen LogP contribution in [0.3, 0.4) is 0 Å². The number of methoxy groups -OCH3 is 1. The van der Waals surface area contributed by atoms with Crippen LogP contribution in [0.2, 0.25) is 0 Å². The minimum Gasteiger partial charge on any atom is -0.491 e. The maximum Gasteiger partial charge on any atom is 0.319 e. The zero-order valence-corrected chi connectivity index (χ0v) is 13.3. The van der Waals surface area contributed by atoms with E-state index in [2.05, 4.69) is 10.6 Å². The van der Waals surface area contributed by atoms with E-state index >= 15 is 0 Å². The Balaban J connectivity index is 1.83. The smallest absolute Gasteiger partial charge is 0.319 e. The highest BCUT2D eigenvalue weighted by Gasteiger charge is 2.16. The molecule has 1 saturated carbocycles. The van der Waals surface area contributed by atoms with Crippen LogP contribution in [-0.4, -0.2) is 32.4 Å². The van der Waals surface area contributed by atoms with E-state index in [0.29, 0.717) is 30.7 Å². The maximum atomic E-state index is 12.1. The second-order valence-electron chi connectivity index (χ2n) is 5.62. The van der Waals surface area contributed by atoms with E-state index in [9.17, 15) is 4.79 Å². The molecule has 0 atom stereocenters. The van der Waals surface area contributed by atoms with Crippen LogP contribution < -0.4 is 15.4 Å². The van der Waals surface area contributed by atoms with Gasteiger partial charge in [-0.1, -0.05) is 31.4 Å². The number of benzene rings is 1. The number of amides is 2. The van der Waals surface area contributed by atoms with Crippen LogP contribution >= 0.6 is 0 Å². The van der Waals surface area contributed by atoms with Crippen LogP contribution in [0, 0.1) is 0 Å². The second kappa shape index (κ2) is 9.30. The van der Waals surface area contributed by atoms with E-state index in [0.717, 1.165) is 19.3 Å². The first-order valence-corrected chi connectivity index (χ1v) is 8.08. The molecule has 2 rings (SSSR count). The molecule has 2 N–H and O–H groups in total. The largest absolute Gasteiger partial charge is 0.491 e. The van der Waals surface area contributed by atoms with Crippen LogP contribution in [0.1, 0.15) is 38.5 Å². The van der Waals surface area contributed by atoms with Crippen LogP contribution in [0.25, 0.3) is 0 Å². The Kier molecular flexibility index (Phi) is 7.03. The average Bonchev–Trinajstić information content (AvgIpc) is 2.54. The molecule has 0 heterocycles. The van der Waals surface area contributed by atoms with Crippen molar-refractivity contribution in [3.05, 3.63) is 24.3 Å². The van der Waals surface area contributed by atoms with Crippen molar-refractivity contribution in [1.82, 2.24) is 5.32 Å². The zero-order valence-electron chi connectivity index (χ0n) is 13.3. The van der Waals surface area contributed by atoms with E-state index in [1.54, 1.807) is 7.11 Å². The molecule has 1 aromatic rings. The van der Waals surface area contributed by atoms with Gasteiger partial charge in [-0.25, -0.2) is 4.79 Å². The number of ether oxygens (including phenoxy) is 2. The van der Waals surface area contributed by atoms with Crippen LogP contribution in [-0.2, 0) is 4.74 Å². The molecule has 122 valence electrons. The minimum atomic E-state index is -0.153. The van der Waals surface area contributed by atoms with Gasteiger partial charge in [0.05, 0.1) is 12.3 Å². The zero-order chi connectivity index (χ0) is 15.6. The quantitative estimate of drug-likeness (QED) is 0.757. The summed E-state index contributed by atoms with van der Waals surface area (Å²) in [4.78, 5) is 12.1. The predicted molar refractivity (Wildman–Crippen MR) is 87.5 cm³/mol. The molecule has 22 heavy (non-hydrogen) atoms. The highest BCUT2D eigenvalue weighted by atomic mass is 16.5. The van der Waals surface area contributed by atoms with Crippen LogP contribution in [0.15, 0.2) is 24.3 Å². The molecule has 1 aliphatic carbocycles. The summed E-state index contributed by atoms with van der Waals surface area (Å²) >= 11 is 0. The Morgan fingerprint density at radius 2 is 1.95 bits per heavy atom. The fourth-order valence-corrected chi connectivity index (χ4v) is 2.67. The molecule has 0 aromatic heterocycles. The van der Waals surface area contributed by atoms with Crippen molar-refractivity contribution in [3.8, 4) is 5.75 Å². The molecule has 1 aliphatic rings. The van der Waals surface area contributed by atoms with Gasteiger partial charge in [0.1, 0.15) is 5.75 Å². The molecule has 5 heteroatoms. The Labute approximate surface area is 132 Å². The first kappa shape index (κ1) is 16.6. The molecule has 0 radical (unpaired) electrons. The molecular weight excluding hydrogens is 280 g/mol. The molecule has 0 saturated heterocycles. The lowest BCUT2D eigenvalue weighted by Gasteiger charge is -2.23. The SMILES string of the molecule is COCCCOc1ccccc1NC(=O)NC1CCCCC1. The predicted octanol–water partition coefficient (Wildman–Crippen LogP) is 3.56. The third kappa shape index (κ3) is 5.56. The van der Waals surface area contributed by atoms with Crippen molar-refractivity contribution in [2.75, 3.05) is 25.6 Å². The summed E-state index contributed by atoms with van der Waals surface area (Å²) in [6, 6.07) is 7.65. The lowest BCUT2D eigenvalue weighted by atomic mass is 9.96. The third-order valence-corrected chi connectivity index (χ3v) is 3.83. The number of carbonyl (C=O) groups excluding carboxylic acids is 1. The van der Waals surface area contributed by atoms with Gasteiger partial charge in [-0.15, -0.1) is 0 Å². The summed E-state index contributed by atoms with van der Waals surface area (Å²) < 4.78 is 10.7. The maximum absolute atomic E-state index is 12.1. The Bertz CT molecular complexity index is 459. The standard InChI is InChI=1S/C17H26N2O3/c1-21-12-7-13-22-16-11-6-5-10-15(16)19-17(20)18-14-8-3-2-4-9-14/h5-6,10-11,14H,2-4,7-9,12-13H2,1H3,(H2,18,19,20). The van der Waals surface area contributed by atoms with Crippen molar-refractivity contribution in [2.45, 2.75) is 44.6 Å². The normalized spacial score (nSPS) is 15.3. The first-order chi connectivity index (χ1) is 10.8. The minimum absolute atomic E-state index is 0.153. The van der Waals surface area contributed by atoms with Crippen molar-refractivity contribution < 1.29 is 14.3 Å². The second-order valence-corrected chi connectivity index (χ2v) is 5.62. The monoisotopic (exact) mass is 306 g/mol. The summed E-state index contributed by atoms with van der Waals surface area (Å²) in [6.45, 7) is 1.23. The van der Waals surface area contributed by atoms with Crippen molar-refractivity contribution in [2.24, 2.45) is 0 Å². The van der Waals surface area contributed by atoms with Gasteiger partial charge in [0, 0.05) is 26.2 Å². The van der Waals surface area contributed by atoms with Crippen LogP contribution in [0.5, 0.6) is 5.75 Å². The summed E-state index contributed by atoms with van der Waals surface area (Å²) in [5.74, 6) is 0.692. The van der Waals surface area contributed by atoms with Gasteiger partial charge >= 0.3 is 6.03 Å². The number of anilines is 1. The Morgan fingerprint density at radius 1 is 1.18 bits per heavy atom. The fourth-order valence-electron chi connectivity index (χ4n) is 2.67. The van der Waals surface area contributed by atoms with Gasteiger partial charge < -0.3 is 20.1 Å². The number of urea groups is 1. The third-order valence-electron chi connectivity index (χ3n) is 3.83. The molecule has 1 aromatic carbocycles. The topological polar surface area (TPSA) is 59.6 Å². The van der Waals surface area contributed by atoms with E-state index in [1.165, 1.54) is 19.3 Å². The van der Waals surface area contributed by atoms with Gasteiger partial charge in [-0.2, -0.15) is 0 Å². The molecule has 0 bridgehead atoms. The van der Waals surface area contributed by atoms with Crippen molar-refractivity contribution >= 4 is 11.7 Å². The van der Waals surface area contributed by atoms with Gasteiger partial charge in [-0.3, -0.25) is 0 Å².